The number of benzene rings is 1. The summed E-state index contributed by atoms with van der Waals surface area (Å²) in [6, 6.07) is 7.67. The summed E-state index contributed by atoms with van der Waals surface area (Å²) in [4.78, 5) is 26.5. The van der Waals surface area contributed by atoms with Gasteiger partial charge in [-0.3, -0.25) is 4.79 Å². The van der Waals surface area contributed by atoms with Gasteiger partial charge in [0, 0.05) is 11.9 Å². The van der Waals surface area contributed by atoms with E-state index in [4.69, 9.17) is 9.47 Å². The monoisotopic (exact) mass is 500 g/mol. The second-order valence-electron chi connectivity index (χ2n) is 7.89. The molecule has 1 aliphatic carbocycles. The van der Waals surface area contributed by atoms with Crippen LogP contribution in [0.25, 0.3) is 11.4 Å². The van der Waals surface area contributed by atoms with E-state index in [1.165, 1.54) is 35.1 Å². The molecule has 0 atom stereocenters. The SMILES string of the molecule is CCOc1ccccc1-c1nnc(SCC(=O)Nc2sc3c(c2C(=O)OC)CCCCC3)n1C. The van der Waals surface area contributed by atoms with Crippen LogP contribution in [-0.2, 0) is 29.4 Å². The van der Waals surface area contributed by atoms with Gasteiger partial charge in [-0.15, -0.1) is 21.5 Å². The number of nitrogens with zero attached hydrogens (tertiary/aromatic N) is 3. The summed E-state index contributed by atoms with van der Waals surface area (Å²) in [5.74, 6) is 0.950. The lowest BCUT2D eigenvalue weighted by Gasteiger charge is -2.10. The Kier molecular flexibility index (Phi) is 7.89. The lowest BCUT2D eigenvalue weighted by atomic mass is 10.1. The molecule has 10 heteroatoms. The zero-order valence-electron chi connectivity index (χ0n) is 19.6. The van der Waals surface area contributed by atoms with Crippen molar-refractivity contribution in [3.8, 4) is 17.1 Å². The van der Waals surface area contributed by atoms with E-state index in [2.05, 4.69) is 15.5 Å². The summed E-state index contributed by atoms with van der Waals surface area (Å²) in [7, 11) is 3.24. The van der Waals surface area contributed by atoms with Gasteiger partial charge in [-0.2, -0.15) is 0 Å². The summed E-state index contributed by atoms with van der Waals surface area (Å²) in [6.45, 7) is 2.49. The molecule has 0 saturated heterocycles. The molecule has 1 aromatic carbocycles. The van der Waals surface area contributed by atoms with Crippen LogP contribution >= 0.6 is 23.1 Å². The standard InChI is InChI=1S/C24H28N4O4S2/c1-4-32-17-12-9-8-10-15(17)21-26-27-24(28(21)2)33-14-19(29)25-22-20(23(30)31-3)16-11-6-5-7-13-18(16)34-22/h8-10,12H,4-7,11,13-14H2,1-3H3,(H,25,29). The number of carbonyl (C=O) groups is 2. The third-order valence-corrected chi connectivity index (χ3v) is 7.89. The number of thiophene rings is 1. The highest BCUT2D eigenvalue weighted by atomic mass is 32.2. The number of hydrogen-bond acceptors (Lipinski definition) is 8. The number of ether oxygens (including phenoxy) is 2. The van der Waals surface area contributed by atoms with Crippen molar-refractivity contribution in [3.05, 3.63) is 40.3 Å². The van der Waals surface area contributed by atoms with Gasteiger partial charge >= 0.3 is 5.97 Å². The van der Waals surface area contributed by atoms with Crippen LogP contribution in [0.5, 0.6) is 5.75 Å². The number of anilines is 1. The molecular formula is C24H28N4O4S2. The number of fused-ring (bicyclic) bond motifs is 1. The minimum atomic E-state index is -0.395. The Morgan fingerprint density at radius 3 is 2.76 bits per heavy atom. The third-order valence-electron chi connectivity index (χ3n) is 5.66. The summed E-state index contributed by atoms with van der Waals surface area (Å²) in [6.07, 6.45) is 5.05. The number of thioether (sulfide) groups is 1. The van der Waals surface area contributed by atoms with Gasteiger partial charge < -0.3 is 19.4 Å². The Balaban J connectivity index is 1.47. The van der Waals surface area contributed by atoms with Crippen LogP contribution in [0.15, 0.2) is 29.4 Å². The van der Waals surface area contributed by atoms with Crippen molar-refractivity contribution in [3.63, 3.8) is 0 Å². The van der Waals surface area contributed by atoms with Crippen LogP contribution in [0.1, 0.15) is 47.0 Å². The van der Waals surface area contributed by atoms with E-state index in [1.54, 1.807) is 0 Å². The van der Waals surface area contributed by atoms with E-state index in [1.807, 2.05) is 42.8 Å². The summed E-state index contributed by atoms with van der Waals surface area (Å²) < 4.78 is 12.6. The highest BCUT2D eigenvalue weighted by Gasteiger charge is 2.26. The highest BCUT2D eigenvalue weighted by Crippen LogP contribution is 2.38. The number of para-hydroxylation sites is 1. The molecule has 0 radical (unpaired) electrons. The Hall–Kier alpha value is -2.85. The first-order valence-corrected chi connectivity index (χ1v) is 13.1. The predicted molar refractivity (Wildman–Crippen MR) is 134 cm³/mol. The molecule has 1 amide bonds. The first kappa shape index (κ1) is 24.3. The molecule has 0 fully saturated rings. The second kappa shape index (κ2) is 11.1. The molecule has 0 aliphatic heterocycles. The predicted octanol–water partition coefficient (Wildman–Crippen LogP) is 4.73. The van der Waals surface area contributed by atoms with Gasteiger partial charge in [0.05, 0.1) is 30.6 Å². The largest absolute Gasteiger partial charge is 0.493 e. The molecule has 2 heterocycles. The second-order valence-corrected chi connectivity index (χ2v) is 9.94. The molecule has 0 saturated carbocycles. The third kappa shape index (κ3) is 5.12. The summed E-state index contributed by atoms with van der Waals surface area (Å²) >= 11 is 2.78. The first-order valence-electron chi connectivity index (χ1n) is 11.3. The van der Waals surface area contributed by atoms with E-state index in [0.29, 0.717) is 28.2 Å². The lowest BCUT2D eigenvalue weighted by molar-refractivity contribution is -0.113. The van der Waals surface area contributed by atoms with E-state index >= 15 is 0 Å². The van der Waals surface area contributed by atoms with Gasteiger partial charge in [0.2, 0.25) is 5.91 Å². The fourth-order valence-corrected chi connectivity index (χ4v) is 6.05. The Morgan fingerprint density at radius 2 is 1.97 bits per heavy atom. The van der Waals surface area contributed by atoms with Gasteiger partial charge in [0.25, 0.3) is 0 Å². The average molecular weight is 501 g/mol. The van der Waals surface area contributed by atoms with Crippen LogP contribution in [-0.4, -0.2) is 46.1 Å². The van der Waals surface area contributed by atoms with Crippen LogP contribution in [0.2, 0.25) is 0 Å². The van der Waals surface area contributed by atoms with Crippen molar-refractivity contribution >= 4 is 40.0 Å². The van der Waals surface area contributed by atoms with E-state index in [-0.39, 0.29) is 11.7 Å². The van der Waals surface area contributed by atoms with Crippen LogP contribution < -0.4 is 10.1 Å². The van der Waals surface area contributed by atoms with E-state index < -0.39 is 5.97 Å². The number of methoxy groups -OCH3 is 1. The van der Waals surface area contributed by atoms with Gasteiger partial charge in [-0.1, -0.05) is 30.3 Å². The molecule has 34 heavy (non-hydrogen) atoms. The van der Waals surface area contributed by atoms with Gasteiger partial charge in [-0.25, -0.2) is 4.79 Å². The molecule has 0 spiro atoms. The van der Waals surface area contributed by atoms with Crippen molar-refractivity contribution in [2.45, 2.75) is 44.2 Å². The van der Waals surface area contributed by atoms with Crippen LogP contribution in [0, 0.1) is 0 Å². The Labute approximate surface area is 207 Å². The molecule has 3 aromatic rings. The molecule has 4 rings (SSSR count). The molecule has 0 unspecified atom stereocenters. The maximum Gasteiger partial charge on any atom is 0.341 e. The van der Waals surface area contributed by atoms with Crippen LogP contribution in [0.4, 0.5) is 5.00 Å². The quantitative estimate of drug-likeness (QED) is 0.271. The molecular weight excluding hydrogens is 472 g/mol. The number of aryl methyl sites for hydroxylation is 1. The number of rotatable bonds is 8. The molecule has 1 aliphatic rings. The molecule has 180 valence electrons. The molecule has 0 bridgehead atoms. The zero-order chi connectivity index (χ0) is 24.1. The number of esters is 1. The van der Waals surface area contributed by atoms with Crippen molar-refractivity contribution < 1.29 is 19.1 Å². The minimum Gasteiger partial charge on any atom is -0.493 e. The van der Waals surface area contributed by atoms with Crippen LogP contribution in [0.3, 0.4) is 0 Å². The topological polar surface area (TPSA) is 95.3 Å². The number of nitrogens with one attached hydrogen (secondary N) is 1. The van der Waals surface area contributed by atoms with E-state index in [9.17, 15) is 9.59 Å². The van der Waals surface area contributed by atoms with Gasteiger partial charge in [0.15, 0.2) is 11.0 Å². The number of amides is 1. The fourth-order valence-electron chi connectivity index (χ4n) is 4.05. The number of hydrogen-bond donors (Lipinski definition) is 1. The smallest absolute Gasteiger partial charge is 0.341 e. The van der Waals surface area contributed by atoms with Crippen molar-refractivity contribution in [2.24, 2.45) is 7.05 Å². The van der Waals surface area contributed by atoms with Crippen molar-refractivity contribution in [1.82, 2.24) is 14.8 Å². The van der Waals surface area contributed by atoms with Gasteiger partial charge in [0.1, 0.15) is 10.8 Å². The van der Waals surface area contributed by atoms with Crippen molar-refractivity contribution in [1.29, 1.82) is 0 Å². The highest BCUT2D eigenvalue weighted by molar-refractivity contribution is 7.99. The average Bonchev–Trinajstić information content (AvgIpc) is 3.28. The fraction of sp³-hybridized carbons (Fsp3) is 0.417. The Bertz CT molecular complexity index is 1190. The molecule has 1 N–H and O–H groups in total. The maximum absolute atomic E-state index is 12.8. The first-order chi connectivity index (χ1) is 16.5. The number of aromatic nitrogens is 3. The Morgan fingerprint density at radius 1 is 1.18 bits per heavy atom. The molecule has 2 aromatic heterocycles. The minimum absolute atomic E-state index is 0.141. The lowest BCUT2D eigenvalue weighted by Crippen LogP contribution is -2.16. The van der Waals surface area contributed by atoms with Crippen molar-refractivity contribution in [2.75, 3.05) is 24.8 Å². The van der Waals surface area contributed by atoms with Gasteiger partial charge in [-0.05, 0) is 50.3 Å². The summed E-state index contributed by atoms with van der Waals surface area (Å²) in [5, 5.41) is 12.7. The zero-order valence-corrected chi connectivity index (χ0v) is 21.2. The summed E-state index contributed by atoms with van der Waals surface area (Å²) in [5.41, 5.74) is 2.39. The maximum atomic E-state index is 12.8. The molecule has 8 nitrogen and oxygen atoms in total. The van der Waals surface area contributed by atoms with E-state index in [0.717, 1.165) is 49.0 Å². The number of carbonyl (C=O) groups excluding carboxylic acids is 2. The normalized spacial score (nSPS) is 13.1.